The minimum absolute atomic E-state index is 0.00231. The third-order valence-electron chi connectivity index (χ3n) is 1.93. The van der Waals surface area contributed by atoms with Gasteiger partial charge in [0.25, 0.3) is 0 Å². The van der Waals surface area contributed by atoms with E-state index in [2.05, 4.69) is 25.1 Å². The molecule has 1 aromatic rings. The fourth-order valence-corrected chi connectivity index (χ4v) is 0.851. The van der Waals surface area contributed by atoms with Crippen molar-refractivity contribution in [1.82, 2.24) is 0 Å². The van der Waals surface area contributed by atoms with Gasteiger partial charge in [-0.15, -0.1) is 0 Å². The van der Waals surface area contributed by atoms with E-state index >= 15 is 0 Å². The van der Waals surface area contributed by atoms with Gasteiger partial charge in [0.15, 0.2) is 0 Å². The maximum Gasteiger partial charge on any atom is 0.115 e. The fraction of sp³-hybridized carbons (Fsp3) is 0.143. The van der Waals surface area contributed by atoms with Gasteiger partial charge in [-0.05, 0) is 24.6 Å². The van der Waals surface area contributed by atoms with Gasteiger partial charge in [-0.1, -0.05) is 37.9 Å². The molecule has 0 saturated carbocycles. The summed E-state index contributed by atoms with van der Waals surface area (Å²) in [6.45, 7) is 12.1. The second kappa shape index (κ2) is 7.35. The number of aliphatic hydroxyl groups excluding tert-OH is 1. The van der Waals surface area contributed by atoms with Crippen LogP contribution in [0.3, 0.4) is 0 Å². The number of para-hydroxylation sites is 1. The second-order valence-corrected chi connectivity index (χ2v) is 3.32. The van der Waals surface area contributed by atoms with E-state index in [1.165, 1.54) is 0 Å². The summed E-state index contributed by atoms with van der Waals surface area (Å²) in [4.78, 5) is 0. The van der Waals surface area contributed by atoms with Gasteiger partial charge in [0, 0.05) is 18.3 Å². The molecule has 0 amide bonds. The second-order valence-electron chi connectivity index (χ2n) is 3.32. The Labute approximate surface area is 97.6 Å². The van der Waals surface area contributed by atoms with E-state index in [-0.39, 0.29) is 5.76 Å². The number of benzene rings is 1. The van der Waals surface area contributed by atoms with E-state index in [9.17, 15) is 0 Å². The molecule has 16 heavy (non-hydrogen) atoms. The van der Waals surface area contributed by atoms with Crippen LogP contribution in [0.1, 0.15) is 6.92 Å². The quantitative estimate of drug-likeness (QED) is 0.594. The highest BCUT2D eigenvalue weighted by molar-refractivity contribution is 5.41. The summed E-state index contributed by atoms with van der Waals surface area (Å²) in [5.41, 5.74) is 2.43. The van der Waals surface area contributed by atoms with Crippen LogP contribution in [0.4, 0.5) is 5.69 Å². The third kappa shape index (κ3) is 5.70. The van der Waals surface area contributed by atoms with Crippen molar-refractivity contribution < 1.29 is 5.11 Å². The number of allylic oxidation sites excluding steroid dienone is 1. The van der Waals surface area contributed by atoms with Crippen LogP contribution in [0.5, 0.6) is 0 Å². The predicted molar refractivity (Wildman–Crippen MR) is 71.7 cm³/mol. The van der Waals surface area contributed by atoms with Crippen molar-refractivity contribution in [2.24, 2.45) is 0 Å². The highest BCUT2D eigenvalue weighted by Gasteiger charge is 1.94. The smallest absolute Gasteiger partial charge is 0.115 e. The van der Waals surface area contributed by atoms with Gasteiger partial charge >= 0.3 is 0 Å². The standard InChI is InChI=1S/C7H9N.C7H10O/c1-8-7-5-3-2-4-6-7;1-5(2)6(3)7(4)8/h2-6,8H,1H3;8H,1,3-4H2,2H3. The predicted octanol–water partition coefficient (Wildman–Crippen LogP) is 3.92. The minimum atomic E-state index is -0.00231. The summed E-state index contributed by atoms with van der Waals surface area (Å²) in [6, 6.07) is 10.1. The van der Waals surface area contributed by atoms with Crippen LogP contribution in [0.15, 0.2) is 67.0 Å². The average Bonchev–Trinajstić information content (AvgIpc) is 2.29. The van der Waals surface area contributed by atoms with Crippen molar-refractivity contribution in [3.8, 4) is 0 Å². The highest BCUT2D eigenvalue weighted by Crippen LogP contribution is 2.09. The molecule has 2 N–H and O–H groups in total. The molecule has 0 heterocycles. The Bertz CT molecular complexity index is 350. The molecule has 0 aliphatic rings. The van der Waals surface area contributed by atoms with E-state index in [1.807, 2.05) is 37.4 Å². The number of rotatable bonds is 3. The lowest BCUT2D eigenvalue weighted by atomic mass is 10.1. The number of nitrogens with one attached hydrogen (secondary N) is 1. The van der Waals surface area contributed by atoms with E-state index in [4.69, 9.17) is 5.11 Å². The van der Waals surface area contributed by atoms with Gasteiger partial charge in [-0.3, -0.25) is 0 Å². The molecule has 2 heteroatoms. The lowest BCUT2D eigenvalue weighted by Crippen LogP contribution is -1.84. The summed E-state index contributed by atoms with van der Waals surface area (Å²) in [5.74, 6) is -0.00231. The number of anilines is 1. The molecule has 0 atom stereocenters. The maximum atomic E-state index is 8.64. The van der Waals surface area contributed by atoms with E-state index < -0.39 is 0 Å². The first kappa shape index (κ1) is 14.0. The molecule has 0 fully saturated rings. The topological polar surface area (TPSA) is 32.3 Å². The lowest BCUT2D eigenvalue weighted by Gasteiger charge is -1.98. The summed E-state index contributed by atoms with van der Waals surface area (Å²) in [7, 11) is 1.91. The first-order valence-corrected chi connectivity index (χ1v) is 4.94. The molecule has 0 saturated heterocycles. The molecule has 0 aliphatic carbocycles. The van der Waals surface area contributed by atoms with Crippen molar-refractivity contribution in [1.29, 1.82) is 0 Å². The molecule has 0 aliphatic heterocycles. The van der Waals surface area contributed by atoms with Crippen LogP contribution >= 0.6 is 0 Å². The molecular weight excluding hydrogens is 198 g/mol. The molecular formula is C14H19NO. The molecule has 2 nitrogen and oxygen atoms in total. The average molecular weight is 217 g/mol. The summed E-state index contributed by atoms with van der Waals surface area (Å²) in [6.07, 6.45) is 0. The van der Waals surface area contributed by atoms with Crippen molar-refractivity contribution in [3.05, 3.63) is 67.0 Å². The third-order valence-corrected chi connectivity index (χ3v) is 1.93. The number of aliphatic hydroxyl groups is 1. The highest BCUT2D eigenvalue weighted by atomic mass is 16.3. The molecule has 0 aromatic heterocycles. The number of hydrogen-bond acceptors (Lipinski definition) is 2. The number of hydrogen-bond donors (Lipinski definition) is 2. The van der Waals surface area contributed by atoms with Crippen molar-refractivity contribution >= 4 is 5.69 Å². The zero-order valence-electron chi connectivity index (χ0n) is 9.96. The van der Waals surface area contributed by atoms with Gasteiger partial charge in [-0.25, -0.2) is 0 Å². The fourth-order valence-electron chi connectivity index (χ4n) is 0.851. The van der Waals surface area contributed by atoms with Gasteiger partial charge in [-0.2, -0.15) is 0 Å². The Balaban J connectivity index is 0.000000281. The van der Waals surface area contributed by atoms with Crippen LogP contribution in [0.2, 0.25) is 0 Å². The van der Waals surface area contributed by atoms with E-state index in [1.54, 1.807) is 6.92 Å². The van der Waals surface area contributed by atoms with Crippen LogP contribution in [0.25, 0.3) is 0 Å². The van der Waals surface area contributed by atoms with Gasteiger partial charge < -0.3 is 10.4 Å². The molecule has 1 aromatic carbocycles. The summed E-state index contributed by atoms with van der Waals surface area (Å²) < 4.78 is 0. The van der Waals surface area contributed by atoms with E-state index in [0.717, 1.165) is 11.3 Å². The minimum Gasteiger partial charge on any atom is -0.508 e. The van der Waals surface area contributed by atoms with Crippen LogP contribution < -0.4 is 5.32 Å². The SMILES string of the molecule is C=C(C)C(=C)C(=C)O.CNc1ccccc1. The molecule has 0 unspecified atom stereocenters. The van der Waals surface area contributed by atoms with Crippen molar-refractivity contribution in [3.63, 3.8) is 0 Å². The van der Waals surface area contributed by atoms with E-state index in [0.29, 0.717) is 5.57 Å². The van der Waals surface area contributed by atoms with Crippen molar-refractivity contribution in [2.75, 3.05) is 12.4 Å². The molecule has 0 radical (unpaired) electrons. The Kier molecular flexibility index (Phi) is 6.45. The van der Waals surface area contributed by atoms with Gasteiger partial charge in [0.2, 0.25) is 0 Å². The Hall–Kier alpha value is -1.96. The largest absolute Gasteiger partial charge is 0.508 e. The zero-order valence-corrected chi connectivity index (χ0v) is 9.96. The zero-order chi connectivity index (χ0) is 12.6. The summed E-state index contributed by atoms with van der Waals surface area (Å²) >= 11 is 0. The van der Waals surface area contributed by atoms with Gasteiger partial charge in [0.1, 0.15) is 5.76 Å². The van der Waals surface area contributed by atoms with Gasteiger partial charge in [0.05, 0.1) is 0 Å². The van der Waals surface area contributed by atoms with Crippen LogP contribution in [-0.4, -0.2) is 12.2 Å². The molecule has 1 rings (SSSR count). The first-order valence-electron chi connectivity index (χ1n) is 4.94. The normalized spacial score (nSPS) is 8.38. The Morgan fingerprint density at radius 2 is 1.62 bits per heavy atom. The summed E-state index contributed by atoms with van der Waals surface area (Å²) in [5, 5.41) is 11.7. The Morgan fingerprint density at radius 3 is 1.81 bits per heavy atom. The Morgan fingerprint density at radius 1 is 1.12 bits per heavy atom. The van der Waals surface area contributed by atoms with Crippen molar-refractivity contribution in [2.45, 2.75) is 6.92 Å². The van der Waals surface area contributed by atoms with Crippen LogP contribution in [0, 0.1) is 0 Å². The molecule has 86 valence electrons. The monoisotopic (exact) mass is 217 g/mol. The molecule has 0 spiro atoms. The van der Waals surface area contributed by atoms with Crippen LogP contribution in [-0.2, 0) is 0 Å². The first-order chi connectivity index (χ1) is 7.49. The lowest BCUT2D eigenvalue weighted by molar-refractivity contribution is 0.428. The maximum absolute atomic E-state index is 8.64. The molecule has 0 bridgehead atoms.